The van der Waals surface area contributed by atoms with Gasteiger partial charge in [-0.25, -0.2) is 9.59 Å². The summed E-state index contributed by atoms with van der Waals surface area (Å²) in [5.41, 5.74) is 0.830. The molecule has 6 heteroatoms. The maximum Gasteiger partial charge on any atom is 0.408 e. The molecular formula is C13H14INO4. The summed E-state index contributed by atoms with van der Waals surface area (Å²) in [7, 11) is 0. The fourth-order valence-corrected chi connectivity index (χ4v) is 1.73. The SMILES string of the molecule is C=CCOC(=O)N[C@@H](Cc1ccc(I)cc1)C(=O)O. The van der Waals surface area contributed by atoms with Crippen LogP contribution < -0.4 is 5.32 Å². The van der Waals surface area contributed by atoms with Crippen LogP contribution in [0.1, 0.15) is 5.56 Å². The topological polar surface area (TPSA) is 75.6 Å². The number of aliphatic carboxylic acids is 1. The van der Waals surface area contributed by atoms with Crippen LogP contribution in [0.4, 0.5) is 4.79 Å². The molecule has 0 saturated heterocycles. The van der Waals surface area contributed by atoms with Crippen molar-refractivity contribution in [3.05, 3.63) is 46.1 Å². The van der Waals surface area contributed by atoms with Gasteiger partial charge >= 0.3 is 12.1 Å². The summed E-state index contributed by atoms with van der Waals surface area (Å²) < 4.78 is 5.76. The molecule has 5 nitrogen and oxygen atoms in total. The first-order chi connectivity index (χ1) is 9.02. The number of nitrogens with one attached hydrogen (secondary N) is 1. The minimum Gasteiger partial charge on any atom is -0.480 e. The molecule has 0 fully saturated rings. The van der Waals surface area contributed by atoms with Crippen molar-refractivity contribution in [2.75, 3.05) is 6.61 Å². The maximum absolute atomic E-state index is 11.3. The number of carboxylic acids is 1. The van der Waals surface area contributed by atoms with E-state index < -0.39 is 18.1 Å². The number of ether oxygens (including phenoxy) is 1. The van der Waals surface area contributed by atoms with E-state index >= 15 is 0 Å². The van der Waals surface area contributed by atoms with Gasteiger partial charge in [-0.2, -0.15) is 0 Å². The first-order valence-corrected chi connectivity index (χ1v) is 6.62. The second-order valence-electron chi connectivity index (χ2n) is 3.75. The Morgan fingerprint density at radius 1 is 1.42 bits per heavy atom. The minimum absolute atomic E-state index is 0.0434. The maximum atomic E-state index is 11.3. The van der Waals surface area contributed by atoms with Gasteiger partial charge in [-0.15, -0.1) is 0 Å². The summed E-state index contributed by atoms with van der Waals surface area (Å²) in [5.74, 6) is -1.10. The van der Waals surface area contributed by atoms with Crippen LogP contribution in [-0.2, 0) is 16.0 Å². The molecule has 0 bridgehead atoms. The van der Waals surface area contributed by atoms with Crippen LogP contribution in [-0.4, -0.2) is 29.8 Å². The number of hydrogen-bond donors (Lipinski definition) is 2. The van der Waals surface area contributed by atoms with E-state index in [2.05, 4.69) is 34.5 Å². The Hall–Kier alpha value is -1.57. The molecule has 102 valence electrons. The van der Waals surface area contributed by atoms with Crippen molar-refractivity contribution in [1.82, 2.24) is 5.32 Å². The summed E-state index contributed by atoms with van der Waals surface area (Å²) in [5, 5.41) is 11.4. The van der Waals surface area contributed by atoms with E-state index in [-0.39, 0.29) is 13.0 Å². The highest BCUT2D eigenvalue weighted by atomic mass is 127. The summed E-state index contributed by atoms with van der Waals surface area (Å²) in [6.45, 7) is 3.44. The molecule has 1 aromatic rings. The Labute approximate surface area is 124 Å². The van der Waals surface area contributed by atoms with Crippen molar-refractivity contribution in [2.24, 2.45) is 0 Å². The minimum atomic E-state index is -1.10. The number of carboxylic acid groups (broad SMARTS) is 1. The van der Waals surface area contributed by atoms with E-state index in [1.54, 1.807) is 0 Å². The smallest absolute Gasteiger partial charge is 0.408 e. The fraction of sp³-hybridized carbons (Fsp3) is 0.231. The molecule has 0 aromatic heterocycles. The third-order valence-electron chi connectivity index (χ3n) is 2.28. The lowest BCUT2D eigenvalue weighted by molar-refractivity contribution is -0.139. The fourth-order valence-electron chi connectivity index (χ4n) is 1.37. The van der Waals surface area contributed by atoms with E-state index in [0.717, 1.165) is 9.13 Å². The number of carbonyl (C=O) groups excluding carboxylic acids is 1. The van der Waals surface area contributed by atoms with Crippen molar-refractivity contribution in [2.45, 2.75) is 12.5 Å². The van der Waals surface area contributed by atoms with E-state index in [9.17, 15) is 9.59 Å². The van der Waals surface area contributed by atoms with Gasteiger partial charge in [-0.1, -0.05) is 24.8 Å². The molecule has 1 amide bonds. The molecule has 1 aromatic carbocycles. The molecule has 0 radical (unpaired) electrons. The van der Waals surface area contributed by atoms with Gasteiger partial charge in [0.1, 0.15) is 12.6 Å². The zero-order valence-corrected chi connectivity index (χ0v) is 12.3. The van der Waals surface area contributed by atoms with Crippen LogP contribution in [0.5, 0.6) is 0 Å². The van der Waals surface area contributed by atoms with E-state index in [1.807, 2.05) is 24.3 Å². The average Bonchev–Trinajstić information content (AvgIpc) is 2.38. The van der Waals surface area contributed by atoms with Crippen molar-refractivity contribution in [3.63, 3.8) is 0 Å². The highest BCUT2D eigenvalue weighted by Gasteiger charge is 2.20. The van der Waals surface area contributed by atoms with Crippen molar-refractivity contribution in [1.29, 1.82) is 0 Å². The molecule has 0 heterocycles. The molecule has 0 saturated carbocycles. The summed E-state index contributed by atoms with van der Waals surface area (Å²) in [6, 6.07) is 6.40. The van der Waals surface area contributed by atoms with E-state index in [4.69, 9.17) is 9.84 Å². The molecule has 19 heavy (non-hydrogen) atoms. The lowest BCUT2D eigenvalue weighted by atomic mass is 10.1. The Kier molecular flexibility index (Phi) is 6.34. The molecule has 1 rings (SSSR count). The molecule has 0 aliphatic carbocycles. The third-order valence-corrected chi connectivity index (χ3v) is 2.99. The third kappa shape index (κ3) is 5.73. The zero-order chi connectivity index (χ0) is 14.3. The number of alkyl carbamates (subject to hydrolysis) is 1. The van der Waals surface area contributed by atoms with E-state index in [0.29, 0.717) is 0 Å². The van der Waals surface area contributed by atoms with Gasteiger partial charge in [-0.3, -0.25) is 0 Å². The molecule has 0 unspecified atom stereocenters. The quantitative estimate of drug-likeness (QED) is 0.591. The van der Waals surface area contributed by atoms with Gasteiger partial charge in [0.05, 0.1) is 0 Å². The van der Waals surface area contributed by atoms with Crippen LogP contribution in [0.15, 0.2) is 36.9 Å². The lowest BCUT2D eigenvalue weighted by Crippen LogP contribution is -2.42. The highest BCUT2D eigenvalue weighted by Crippen LogP contribution is 2.09. The summed E-state index contributed by atoms with van der Waals surface area (Å²) in [4.78, 5) is 22.4. The molecule has 0 aliphatic heterocycles. The predicted molar refractivity (Wildman–Crippen MR) is 79.0 cm³/mol. The first kappa shape index (κ1) is 15.5. The first-order valence-electron chi connectivity index (χ1n) is 5.54. The second kappa shape index (κ2) is 7.78. The van der Waals surface area contributed by atoms with Gasteiger partial charge in [0.2, 0.25) is 0 Å². The van der Waals surface area contributed by atoms with Gasteiger partial charge in [0.15, 0.2) is 0 Å². The molecule has 2 N–H and O–H groups in total. The number of hydrogen-bond acceptors (Lipinski definition) is 3. The van der Waals surface area contributed by atoms with Gasteiger partial charge in [-0.05, 0) is 40.3 Å². The molecule has 0 spiro atoms. The number of benzene rings is 1. The molecule has 1 atom stereocenters. The predicted octanol–water partition coefficient (Wildman–Crippen LogP) is 2.20. The highest BCUT2D eigenvalue weighted by molar-refractivity contribution is 14.1. The number of halogens is 1. The summed E-state index contributed by atoms with van der Waals surface area (Å²) in [6.07, 6.45) is 0.849. The van der Waals surface area contributed by atoms with Crippen LogP contribution in [0, 0.1) is 3.57 Å². The van der Waals surface area contributed by atoms with Crippen molar-refractivity contribution >= 4 is 34.7 Å². The largest absolute Gasteiger partial charge is 0.480 e. The summed E-state index contributed by atoms with van der Waals surface area (Å²) >= 11 is 2.16. The normalized spacial score (nSPS) is 11.4. The van der Waals surface area contributed by atoms with Crippen molar-refractivity contribution < 1.29 is 19.4 Å². The second-order valence-corrected chi connectivity index (χ2v) is 5.00. The average molecular weight is 375 g/mol. The van der Waals surface area contributed by atoms with Crippen LogP contribution in [0.2, 0.25) is 0 Å². The Morgan fingerprint density at radius 2 is 2.05 bits per heavy atom. The number of rotatable bonds is 6. The van der Waals surface area contributed by atoms with Gasteiger partial charge in [0, 0.05) is 9.99 Å². The Bertz CT molecular complexity index is 458. The number of carbonyl (C=O) groups is 2. The Morgan fingerprint density at radius 3 is 2.58 bits per heavy atom. The van der Waals surface area contributed by atoms with Crippen LogP contribution >= 0.6 is 22.6 Å². The van der Waals surface area contributed by atoms with Gasteiger partial charge < -0.3 is 15.2 Å². The molecular weight excluding hydrogens is 361 g/mol. The van der Waals surface area contributed by atoms with Gasteiger partial charge in [0.25, 0.3) is 0 Å². The number of amides is 1. The molecule has 0 aliphatic rings. The standard InChI is InChI=1S/C13H14INO4/c1-2-7-19-13(18)15-11(12(16)17)8-9-3-5-10(14)6-4-9/h2-6,11H,1,7-8H2,(H,15,18)(H,16,17)/t11-/m0/s1. The lowest BCUT2D eigenvalue weighted by Gasteiger charge is -2.14. The van der Waals surface area contributed by atoms with Crippen LogP contribution in [0.3, 0.4) is 0 Å². The monoisotopic (exact) mass is 375 g/mol. The Balaban J connectivity index is 2.62. The van der Waals surface area contributed by atoms with Crippen LogP contribution in [0.25, 0.3) is 0 Å². The van der Waals surface area contributed by atoms with E-state index in [1.165, 1.54) is 6.08 Å². The zero-order valence-electron chi connectivity index (χ0n) is 10.1. The van der Waals surface area contributed by atoms with Crippen molar-refractivity contribution in [3.8, 4) is 0 Å².